The van der Waals surface area contributed by atoms with E-state index in [2.05, 4.69) is 15.0 Å². The summed E-state index contributed by atoms with van der Waals surface area (Å²) in [4.78, 5) is 12.6. The Morgan fingerprint density at radius 3 is 2.84 bits per heavy atom. The maximum absolute atomic E-state index is 14.4. The third-order valence-electron chi connectivity index (χ3n) is 3.89. The molecule has 0 bridgehead atoms. The molecule has 0 amide bonds. The average Bonchev–Trinajstić information content (AvgIpc) is 2.94. The first-order valence-electron chi connectivity index (χ1n) is 6.57. The smallest absolute Gasteiger partial charge is 0.168 e. The van der Waals surface area contributed by atoms with Gasteiger partial charge in [-0.2, -0.15) is 0 Å². The summed E-state index contributed by atoms with van der Waals surface area (Å²) < 4.78 is 21.9. The van der Waals surface area contributed by atoms with Gasteiger partial charge in [0.15, 0.2) is 18.0 Å². The number of imidazole rings is 1. The fourth-order valence-corrected chi connectivity index (χ4v) is 2.69. The van der Waals surface area contributed by atoms with Crippen molar-refractivity contribution in [2.45, 2.75) is 45.7 Å². The van der Waals surface area contributed by atoms with Crippen molar-refractivity contribution in [1.82, 2.24) is 19.5 Å². The molecule has 0 aliphatic carbocycles. The molecule has 3 rings (SSSR count). The minimum absolute atomic E-state index is 0.0552. The van der Waals surface area contributed by atoms with Gasteiger partial charge in [0.1, 0.15) is 11.8 Å². The van der Waals surface area contributed by atoms with Gasteiger partial charge in [-0.1, -0.05) is 13.8 Å². The Balaban J connectivity index is 2.04. The fourth-order valence-electron chi connectivity index (χ4n) is 2.69. The van der Waals surface area contributed by atoms with Crippen LogP contribution in [0.2, 0.25) is 0 Å². The lowest BCUT2D eigenvalue weighted by Crippen LogP contribution is -2.19. The van der Waals surface area contributed by atoms with Gasteiger partial charge in [0.25, 0.3) is 0 Å². The molecule has 1 fully saturated rings. The van der Waals surface area contributed by atoms with Gasteiger partial charge in [-0.15, -0.1) is 0 Å². The molecule has 2 aromatic rings. The Morgan fingerprint density at radius 2 is 2.16 bits per heavy atom. The molecule has 1 aliphatic rings. The van der Waals surface area contributed by atoms with E-state index in [0.717, 1.165) is 12.1 Å². The molecular weight excluding hydrogens is 247 g/mol. The third kappa shape index (κ3) is 1.82. The summed E-state index contributed by atoms with van der Waals surface area (Å²) in [5.41, 5.74) is 2.12. The monoisotopic (exact) mass is 264 g/mol. The van der Waals surface area contributed by atoms with Crippen LogP contribution in [-0.4, -0.2) is 31.8 Å². The zero-order valence-electron chi connectivity index (χ0n) is 11.2. The normalized spacial score (nSPS) is 31.2. The summed E-state index contributed by atoms with van der Waals surface area (Å²) in [7, 11) is 0. The number of fused-ring (bicyclic) bond motifs is 1. The molecule has 0 N–H and O–H groups in total. The van der Waals surface area contributed by atoms with Crippen LogP contribution in [0.25, 0.3) is 11.2 Å². The van der Waals surface area contributed by atoms with E-state index in [-0.39, 0.29) is 12.0 Å². The van der Waals surface area contributed by atoms with Gasteiger partial charge in [-0.25, -0.2) is 19.3 Å². The van der Waals surface area contributed by atoms with E-state index in [4.69, 9.17) is 4.74 Å². The second kappa shape index (κ2) is 4.52. The van der Waals surface area contributed by atoms with Crippen molar-refractivity contribution in [1.29, 1.82) is 0 Å². The van der Waals surface area contributed by atoms with E-state index in [9.17, 15) is 4.39 Å². The Kier molecular flexibility index (Phi) is 2.97. The van der Waals surface area contributed by atoms with Gasteiger partial charge in [-0.3, -0.25) is 4.57 Å². The third-order valence-corrected chi connectivity index (χ3v) is 3.89. The lowest BCUT2D eigenvalue weighted by molar-refractivity contribution is -0.0186. The number of halogens is 1. The average molecular weight is 264 g/mol. The number of rotatable bonds is 2. The van der Waals surface area contributed by atoms with Crippen molar-refractivity contribution in [2.75, 3.05) is 0 Å². The first-order chi connectivity index (χ1) is 9.13. The predicted octanol–water partition coefficient (Wildman–Crippen LogP) is 2.42. The van der Waals surface area contributed by atoms with Crippen LogP contribution in [0.4, 0.5) is 4.39 Å². The first-order valence-corrected chi connectivity index (χ1v) is 6.57. The molecule has 4 atom stereocenters. The molecule has 0 radical (unpaired) electrons. The minimum atomic E-state index is -1.04. The van der Waals surface area contributed by atoms with Crippen molar-refractivity contribution < 1.29 is 9.13 Å². The first kappa shape index (κ1) is 12.5. The van der Waals surface area contributed by atoms with Gasteiger partial charge >= 0.3 is 0 Å². The highest BCUT2D eigenvalue weighted by molar-refractivity contribution is 5.72. The van der Waals surface area contributed by atoms with Crippen molar-refractivity contribution in [3.8, 4) is 0 Å². The van der Waals surface area contributed by atoms with Crippen LogP contribution in [0.15, 0.2) is 12.7 Å². The quantitative estimate of drug-likeness (QED) is 0.836. The highest BCUT2D eigenvalue weighted by Gasteiger charge is 2.43. The number of nitrogens with zero attached hydrogens (tertiary/aromatic N) is 4. The lowest BCUT2D eigenvalue weighted by Gasteiger charge is -2.15. The van der Waals surface area contributed by atoms with Crippen LogP contribution in [0, 0.1) is 12.8 Å². The van der Waals surface area contributed by atoms with Gasteiger partial charge in [-0.05, 0) is 13.3 Å². The van der Waals surface area contributed by atoms with Crippen LogP contribution >= 0.6 is 0 Å². The number of aryl methyl sites for hydroxylation is 1. The predicted molar refractivity (Wildman–Crippen MR) is 68.3 cm³/mol. The highest BCUT2D eigenvalue weighted by atomic mass is 19.1. The number of alkyl halides is 1. The number of aromatic nitrogens is 4. The summed E-state index contributed by atoms with van der Waals surface area (Å²) in [6.45, 7) is 5.76. The molecule has 0 saturated carbocycles. The van der Waals surface area contributed by atoms with Crippen molar-refractivity contribution in [3.05, 3.63) is 18.3 Å². The molecule has 1 saturated heterocycles. The molecule has 3 heterocycles. The highest BCUT2D eigenvalue weighted by Crippen LogP contribution is 2.38. The van der Waals surface area contributed by atoms with E-state index in [1.807, 2.05) is 20.8 Å². The van der Waals surface area contributed by atoms with Crippen molar-refractivity contribution in [2.24, 2.45) is 5.92 Å². The standard InChI is InChI=1S/C13H17FN4O/c1-4-9-7(2)10(14)13(19-9)18-6-17-11-8(3)15-5-16-12(11)18/h5-7,9-10,13H,4H2,1-3H3. The molecule has 102 valence electrons. The maximum Gasteiger partial charge on any atom is 0.168 e. The summed E-state index contributed by atoms with van der Waals surface area (Å²) in [6.07, 6.45) is 2.13. The van der Waals surface area contributed by atoms with Crippen LogP contribution in [-0.2, 0) is 4.74 Å². The topological polar surface area (TPSA) is 52.8 Å². The second-order valence-corrected chi connectivity index (χ2v) is 5.06. The van der Waals surface area contributed by atoms with E-state index in [1.165, 1.54) is 6.33 Å². The zero-order valence-corrected chi connectivity index (χ0v) is 11.2. The van der Waals surface area contributed by atoms with Crippen LogP contribution in [0.1, 0.15) is 32.2 Å². The van der Waals surface area contributed by atoms with Gasteiger partial charge < -0.3 is 4.74 Å². The summed E-state index contributed by atoms with van der Waals surface area (Å²) in [5.74, 6) is -0.115. The maximum atomic E-state index is 14.4. The molecule has 6 heteroatoms. The molecule has 2 aromatic heterocycles. The SMILES string of the molecule is CCC1OC(n2cnc3c(C)ncnc32)C(F)C1C. The van der Waals surface area contributed by atoms with Gasteiger partial charge in [0.2, 0.25) is 0 Å². The minimum Gasteiger partial charge on any atom is -0.351 e. The summed E-state index contributed by atoms with van der Waals surface area (Å²) in [5, 5.41) is 0. The van der Waals surface area contributed by atoms with Gasteiger partial charge in [0, 0.05) is 5.92 Å². The molecule has 5 nitrogen and oxygen atoms in total. The largest absolute Gasteiger partial charge is 0.351 e. The van der Waals surface area contributed by atoms with E-state index >= 15 is 0 Å². The summed E-state index contributed by atoms with van der Waals surface area (Å²) >= 11 is 0. The molecule has 1 aliphatic heterocycles. The Morgan fingerprint density at radius 1 is 1.37 bits per heavy atom. The molecule has 0 spiro atoms. The van der Waals surface area contributed by atoms with E-state index in [1.54, 1.807) is 10.9 Å². The molecular formula is C13H17FN4O. The molecule has 0 aromatic carbocycles. The lowest BCUT2D eigenvalue weighted by atomic mass is 10.00. The molecule has 4 unspecified atom stereocenters. The summed E-state index contributed by atoms with van der Waals surface area (Å²) in [6, 6.07) is 0. The van der Waals surface area contributed by atoms with Crippen LogP contribution < -0.4 is 0 Å². The van der Waals surface area contributed by atoms with E-state index < -0.39 is 12.4 Å². The number of hydrogen-bond acceptors (Lipinski definition) is 4. The fraction of sp³-hybridized carbons (Fsp3) is 0.615. The molecule has 19 heavy (non-hydrogen) atoms. The Labute approximate surface area is 110 Å². The van der Waals surface area contributed by atoms with Crippen molar-refractivity contribution in [3.63, 3.8) is 0 Å². The van der Waals surface area contributed by atoms with Gasteiger partial charge in [0.05, 0.1) is 18.1 Å². The van der Waals surface area contributed by atoms with Crippen LogP contribution in [0.5, 0.6) is 0 Å². The second-order valence-electron chi connectivity index (χ2n) is 5.06. The number of hydrogen-bond donors (Lipinski definition) is 0. The zero-order chi connectivity index (χ0) is 13.6. The Bertz CT molecular complexity index is 599. The van der Waals surface area contributed by atoms with Crippen molar-refractivity contribution >= 4 is 11.2 Å². The van der Waals surface area contributed by atoms with E-state index in [0.29, 0.717) is 11.2 Å². The Hall–Kier alpha value is -1.56. The van der Waals surface area contributed by atoms with Crippen LogP contribution in [0.3, 0.4) is 0 Å². The number of ether oxygens (including phenoxy) is 1.